The van der Waals surface area contributed by atoms with E-state index in [2.05, 4.69) is 13.0 Å². The Bertz CT molecular complexity index is 261. The summed E-state index contributed by atoms with van der Waals surface area (Å²) in [6.07, 6.45) is 17.3. The van der Waals surface area contributed by atoms with Gasteiger partial charge in [-0.3, -0.25) is 4.79 Å². The third kappa shape index (κ3) is 17.1. The highest BCUT2D eigenvalue weighted by Crippen LogP contribution is 2.10. The summed E-state index contributed by atoms with van der Waals surface area (Å²) in [5.41, 5.74) is 0. The van der Waals surface area contributed by atoms with Crippen LogP contribution < -0.4 is 0 Å². The Labute approximate surface area is 130 Å². The number of allylic oxidation sites excluding steroid dienone is 1. The van der Waals surface area contributed by atoms with Gasteiger partial charge in [0.25, 0.3) is 0 Å². The standard InChI is InChI=1S/C18H34O3/c1-2-3-4-5-8-11-14-17(19)15-12-9-6-7-10-13-16-18(20)21/h12,15,17,19H,2-11,13-14,16H2,1H3,(H,20,21)/b15-12+/t17-/m0/s1. The van der Waals surface area contributed by atoms with Gasteiger partial charge in [0.05, 0.1) is 6.10 Å². The number of rotatable bonds is 15. The van der Waals surface area contributed by atoms with E-state index in [4.69, 9.17) is 5.11 Å². The summed E-state index contributed by atoms with van der Waals surface area (Å²) in [5, 5.41) is 18.3. The first-order valence-corrected chi connectivity index (χ1v) is 8.73. The Kier molecular flexibility index (Phi) is 14.9. The number of aliphatic carboxylic acids is 1. The van der Waals surface area contributed by atoms with Crippen molar-refractivity contribution in [2.45, 2.75) is 96.5 Å². The summed E-state index contributed by atoms with van der Waals surface area (Å²) >= 11 is 0. The highest BCUT2D eigenvalue weighted by atomic mass is 16.4. The van der Waals surface area contributed by atoms with Crippen LogP contribution in [0.3, 0.4) is 0 Å². The van der Waals surface area contributed by atoms with Gasteiger partial charge in [0.15, 0.2) is 0 Å². The molecule has 0 aliphatic carbocycles. The van der Waals surface area contributed by atoms with Crippen LogP contribution in [-0.4, -0.2) is 22.3 Å². The largest absolute Gasteiger partial charge is 0.481 e. The van der Waals surface area contributed by atoms with Crippen molar-refractivity contribution in [2.24, 2.45) is 0 Å². The lowest BCUT2D eigenvalue weighted by Gasteiger charge is -2.05. The number of aliphatic hydroxyl groups is 1. The Hall–Kier alpha value is -0.830. The molecule has 0 aromatic heterocycles. The Morgan fingerprint density at radius 1 is 0.952 bits per heavy atom. The van der Waals surface area contributed by atoms with E-state index in [1.807, 2.05) is 6.08 Å². The zero-order valence-electron chi connectivity index (χ0n) is 13.7. The van der Waals surface area contributed by atoms with Gasteiger partial charge in [0.1, 0.15) is 0 Å². The molecule has 3 heteroatoms. The minimum atomic E-state index is -0.701. The molecule has 0 aromatic rings. The SMILES string of the molecule is CCCCCCCC[C@H](O)/C=C/CCCCCCC(=O)O. The normalized spacial score (nSPS) is 12.9. The third-order valence-electron chi connectivity index (χ3n) is 3.72. The van der Waals surface area contributed by atoms with Crippen molar-refractivity contribution in [3.8, 4) is 0 Å². The molecule has 0 aromatic carbocycles. The second-order valence-electron chi connectivity index (χ2n) is 5.90. The molecule has 0 aliphatic heterocycles. The summed E-state index contributed by atoms with van der Waals surface area (Å²) < 4.78 is 0. The van der Waals surface area contributed by atoms with E-state index in [0.717, 1.165) is 44.9 Å². The maximum atomic E-state index is 10.3. The molecule has 0 rings (SSSR count). The molecule has 124 valence electrons. The van der Waals surface area contributed by atoms with Gasteiger partial charge < -0.3 is 10.2 Å². The van der Waals surface area contributed by atoms with Crippen LogP contribution in [0.1, 0.15) is 90.4 Å². The fraction of sp³-hybridized carbons (Fsp3) is 0.833. The Balaban J connectivity index is 3.29. The first kappa shape index (κ1) is 20.2. The van der Waals surface area contributed by atoms with Gasteiger partial charge in [-0.05, 0) is 25.7 Å². The molecule has 1 atom stereocenters. The molecule has 0 saturated heterocycles. The van der Waals surface area contributed by atoms with Crippen LogP contribution in [0.2, 0.25) is 0 Å². The van der Waals surface area contributed by atoms with E-state index in [-0.39, 0.29) is 12.5 Å². The number of carboxylic acids is 1. The molecule has 0 heterocycles. The molecule has 0 radical (unpaired) electrons. The van der Waals surface area contributed by atoms with Crippen LogP contribution in [0, 0.1) is 0 Å². The summed E-state index contributed by atoms with van der Waals surface area (Å²) in [6.45, 7) is 2.22. The fourth-order valence-corrected chi connectivity index (χ4v) is 2.38. The third-order valence-corrected chi connectivity index (χ3v) is 3.72. The van der Waals surface area contributed by atoms with Gasteiger partial charge in [0.2, 0.25) is 0 Å². The number of hydrogen-bond donors (Lipinski definition) is 2. The number of aliphatic hydroxyl groups excluding tert-OH is 1. The van der Waals surface area contributed by atoms with E-state index in [1.54, 1.807) is 0 Å². The lowest BCUT2D eigenvalue weighted by atomic mass is 10.1. The minimum absolute atomic E-state index is 0.285. The molecule has 0 aliphatic rings. The van der Waals surface area contributed by atoms with Gasteiger partial charge in [-0.15, -0.1) is 0 Å². The average molecular weight is 298 g/mol. The molecule has 21 heavy (non-hydrogen) atoms. The molecule has 3 nitrogen and oxygen atoms in total. The molecule has 0 spiro atoms. The second-order valence-corrected chi connectivity index (χ2v) is 5.90. The first-order valence-electron chi connectivity index (χ1n) is 8.73. The van der Waals surface area contributed by atoms with Crippen molar-refractivity contribution in [3.05, 3.63) is 12.2 Å². The van der Waals surface area contributed by atoms with Crippen LogP contribution >= 0.6 is 0 Å². The molecule has 0 bridgehead atoms. The lowest BCUT2D eigenvalue weighted by Crippen LogP contribution is -2.01. The van der Waals surface area contributed by atoms with Gasteiger partial charge in [-0.2, -0.15) is 0 Å². The lowest BCUT2D eigenvalue weighted by molar-refractivity contribution is -0.137. The quantitative estimate of drug-likeness (QED) is 0.327. The zero-order chi connectivity index (χ0) is 15.8. The molecular weight excluding hydrogens is 264 g/mol. The van der Waals surface area contributed by atoms with Crippen molar-refractivity contribution in [3.63, 3.8) is 0 Å². The predicted octanol–water partition coefficient (Wildman–Crippen LogP) is 5.08. The van der Waals surface area contributed by atoms with Crippen molar-refractivity contribution in [1.29, 1.82) is 0 Å². The van der Waals surface area contributed by atoms with Gasteiger partial charge in [-0.1, -0.05) is 70.4 Å². The van der Waals surface area contributed by atoms with Crippen LogP contribution in [0.15, 0.2) is 12.2 Å². The number of hydrogen-bond acceptors (Lipinski definition) is 2. The summed E-state index contributed by atoms with van der Waals surface area (Å²) in [5.74, 6) is -0.701. The predicted molar refractivity (Wildman–Crippen MR) is 88.5 cm³/mol. The highest BCUT2D eigenvalue weighted by Gasteiger charge is 1.99. The molecule has 0 fully saturated rings. The molecule has 0 saturated carbocycles. The Morgan fingerprint density at radius 3 is 2.29 bits per heavy atom. The van der Waals surface area contributed by atoms with Crippen molar-refractivity contribution in [2.75, 3.05) is 0 Å². The number of carbonyl (C=O) groups is 1. The van der Waals surface area contributed by atoms with E-state index >= 15 is 0 Å². The smallest absolute Gasteiger partial charge is 0.303 e. The maximum Gasteiger partial charge on any atom is 0.303 e. The van der Waals surface area contributed by atoms with Crippen LogP contribution in [0.4, 0.5) is 0 Å². The monoisotopic (exact) mass is 298 g/mol. The van der Waals surface area contributed by atoms with Gasteiger partial charge >= 0.3 is 5.97 Å². The molecule has 2 N–H and O–H groups in total. The minimum Gasteiger partial charge on any atom is -0.481 e. The maximum absolute atomic E-state index is 10.3. The van der Waals surface area contributed by atoms with Crippen LogP contribution in [0.25, 0.3) is 0 Å². The van der Waals surface area contributed by atoms with Crippen LogP contribution in [0.5, 0.6) is 0 Å². The van der Waals surface area contributed by atoms with E-state index in [0.29, 0.717) is 0 Å². The van der Waals surface area contributed by atoms with Crippen molar-refractivity contribution < 1.29 is 15.0 Å². The second kappa shape index (κ2) is 15.6. The zero-order valence-corrected chi connectivity index (χ0v) is 13.7. The summed E-state index contributed by atoms with van der Waals surface area (Å²) in [4.78, 5) is 10.3. The van der Waals surface area contributed by atoms with Crippen molar-refractivity contribution >= 4 is 5.97 Å². The van der Waals surface area contributed by atoms with E-state index in [9.17, 15) is 9.90 Å². The van der Waals surface area contributed by atoms with Crippen LogP contribution in [-0.2, 0) is 4.79 Å². The highest BCUT2D eigenvalue weighted by molar-refractivity contribution is 5.66. The fourth-order valence-electron chi connectivity index (χ4n) is 2.38. The average Bonchev–Trinajstić information content (AvgIpc) is 2.45. The van der Waals surface area contributed by atoms with E-state index in [1.165, 1.54) is 32.1 Å². The molecular formula is C18H34O3. The molecule has 0 amide bonds. The Morgan fingerprint density at radius 2 is 1.57 bits per heavy atom. The first-order chi connectivity index (χ1) is 10.2. The molecule has 0 unspecified atom stereocenters. The number of unbranched alkanes of at least 4 members (excludes halogenated alkanes) is 9. The van der Waals surface area contributed by atoms with Crippen molar-refractivity contribution in [1.82, 2.24) is 0 Å². The topological polar surface area (TPSA) is 57.5 Å². The number of carboxylic acid groups (broad SMARTS) is 1. The van der Waals surface area contributed by atoms with E-state index < -0.39 is 5.97 Å². The van der Waals surface area contributed by atoms with Gasteiger partial charge in [-0.25, -0.2) is 0 Å². The van der Waals surface area contributed by atoms with Gasteiger partial charge in [0, 0.05) is 6.42 Å². The summed E-state index contributed by atoms with van der Waals surface area (Å²) in [6, 6.07) is 0. The summed E-state index contributed by atoms with van der Waals surface area (Å²) in [7, 11) is 0.